The Morgan fingerprint density at radius 2 is 1.89 bits per heavy atom. The van der Waals surface area contributed by atoms with Crippen LogP contribution in [0.2, 0.25) is 0 Å². The van der Waals surface area contributed by atoms with Gasteiger partial charge in [0.2, 0.25) is 0 Å². The summed E-state index contributed by atoms with van der Waals surface area (Å²) in [6, 6.07) is 0. The van der Waals surface area contributed by atoms with Gasteiger partial charge in [-0.05, 0) is 27.7 Å². The molecule has 100 valence electrons. The average Bonchev–Trinajstić information content (AvgIpc) is 2.77. The normalized spacial score (nSPS) is 25.1. The van der Waals surface area contributed by atoms with Gasteiger partial charge in [0.25, 0.3) is 6.43 Å². The van der Waals surface area contributed by atoms with Gasteiger partial charge in [-0.15, -0.1) is 0 Å². The standard InChI is InChI=1S/C11H17BF2N2O2/c1-10(2)11(3,4)18-12(17-10)7-6-15-9(8(13)14)16(7)5/h6,8H,1-5H3/i5D3. The van der Waals surface area contributed by atoms with E-state index in [4.69, 9.17) is 13.4 Å². The molecule has 7 heteroatoms. The second kappa shape index (κ2) is 4.03. The number of aromatic nitrogens is 2. The zero-order valence-corrected chi connectivity index (χ0v) is 10.7. The minimum atomic E-state index is -3.00. The Bertz CT molecular complexity index is 530. The molecule has 0 radical (unpaired) electrons. The molecule has 1 aliphatic heterocycles. The Hall–Kier alpha value is -0.945. The molecule has 1 aromatic rings. The van der Waals surface area contributed by atoms with Crippen molar-refractivity contribution in [2.75, 3.05) is 0 Å². The number of rotatable bonds is 2. The van der Waals surface area contributed by atoms with Gasteiger partial charge in [-0.3, -0.25) is 0 Å². The van der Waals surface area contributed by atoms with Gasteiger partial charge in [0.1, 0.15) is 0 Å². The summed E-state index contributed by atoms with van der Waals surface area (Å²) in [7, 11) is -1.06. The SMILES string of the molecule is [2H]C([2H])([2H])n1c(B2OC(C)(C)C(C)(C)O2)cnc1C(F)F. The van der Waals surface area contributed by atoms with Crippen molar-refractivity contribution in [1.82, 2.24) is 9.55 Å². The molecule has 0 aromatic carbocycles. The molecule has 2 rings (SSSR count). The molecule has 1 saturated heterocycles. The molecule has 1 fully saturated rings. The fourth-order valence-electron chi connectivity index (χ4n) is 1.66. The first-order valence-corrected chi connectivity index (χ1v) is 5.58. The molecule has 0 N–H and O–H groups in total. The van der Waals surface area contributed by atoms with Gasteiger partial charge in [0, 0.05) is 17.3 Å². The highest BCUT2D eigenvalue weighted by atomic mass is 19.3. The molecule has 2 heterocycles. The molecule has 0 aliphatic carbocycles. The molecule has 0 unspecified atom stereocenters. The minimum absolute atomic E-state index is 0.0380. The monoisotopic (exact) mass is 261 g/mol. The van der Waals surface area contributed by atoms with Crippen LogP contribution in [0.3, 0.4) is 0 Å². The van der Waals surface area contributed by atoms with Crippen LogP contribution < -0.4 is 5.59 Å². The summed E-state index contributed by atoms with van der Waals surface area (Å²) < 4.78 is 60.1. The lowest BCUT2D eigenvalue weighted by Crippen LogP contribution is -2.41. The van der Waals surface area contributed by atoms with Gasteiger partial charge < -0.3 is 13.9 Å². The maximum Gasteiger partial charge on any atom is 0.514 e. The highest BCUT2D eigenvalue weighted by molar-refractivity contribution is 6.61. The van der Waals surface area contributed by atoms with E-state index in [1.54, 1.807) is 27.7 Å². The van der Waals surface area contributed by atoms with Gasteiger partial charge in [-0.1, -0.05) is 0 Å². The predicted octanol–water partition coefficient (Wildman–Crippen LogP) is 1.66. The van der Waals surface area contributed by atoms with Crippen LogP contribution in [0.4, 0.5) is 8.78 Å². The van der Waals surface area contributed by atoms with Gasteiger partial charge in [0.15, 0.2) is 5.82 Å². The van der Waals surface area contributed by atoms with Crippen LogP contribution >= 0.6 is 0 Å². The summed E-state index contributed by atoms with van der Waals surface area (Å²) >= 11 is 0. The summed E-state index contributed by atoms with van der Waals surface area (Å²) in [5.74, 6) is -0.820. The summed E-state index contributed by atoms with van der Waals surface area (Å²) in [5.41, 5.74) is -1.44. The third-order valence-electron chi connectivity index (χ3n) is 3.51. The second-order valence-electron chi connectivity index (χ2n) is 5.27. The number of hydrogen-bond donors (Lipinski definition) is 0. The molecule has 1 aromatic heterocycles. The fraction of sp³-hybridized carbons (Fsp3) is 0.727. The maximum atomic E-state index is 12.9. The second-order valence-corrected chi connectivity index (χ2v) is 5.27. The highest BCUT2D eigenvalue weighted by Crippen LogP contribution is 2.36. The zero-order chi connectivity index (χ0) is 16.2. The predicted molar refractivity (Wildman–Crippen MR) is 63.9 cm³/mol. The summed E-state index contributed by atoms with van der Waals surface area (Å²) in [5, 5.41) is 0. The molecule has 0 bridgehead atoms. The minimum Gasteiger partial charge on any atom is -0.398 e. The molecular weight excluding hydrogens is 241 g/mol. The van der Waals surface area contributed by atoms with Crippen molar-refractivity contribution in [3.05, 3.63) is 12.0 Å². The lowest BCUT2D eigenvalue weighted by atomic mass is 9.85. The third kappa shape index (κ3) is 1.95. The number of halogens is 2. The first-order chi connectivity index (χ1) is 9.37. The summed E-state index contributed by atoms with van der Waals surface area (Å²) in [6.45, 7) is 4.36. The van der Waals surface area contributed by atoms with Crippen molar-refractivity contribution in [3.63, 3.8) is 0 Å². The van der Waals surface area contributed by atoms with Gasteiger partial charge in [0.05, 0.1) is 16.8 Å². The molecule has 0 atom stereocenters. The number of hydrogen-bond acceptors (Lipinski definition) is 3. The Balaban J connectivity index is 2.48. The Kier molecular flexibility index (Phi) is 2.22. The first-order valence-electron chi connectivity index (χ1n) is 7.08. The molecule has 0 saturated carbocycles. The summed E-state index contributed by atoms with van der Waals surface area (Å²) in [6.07, 6.45) is -1.93. The average molecular weight is 261 g/mol. The van der Waals surface area contributed by atoms with Crippen LogP contribution in [0.5, 0.6) is 0 Å². The van der Waals surface area contributed by atoms with E-state index in [-0.39, 0.29) is 5.59 Å². The Morgan fingerprint density at radius 1 is 1.33 bits per heavy atom. The van der Waals surface area contributed by atoms with Crippen LogP contribution in [0.1, 0.15) is 44.1 Å². The molecule has 18 heavy (non-hydrogen) atoms. The van der Waals surface area contributed by atoms with Gasteiger partial charge in [-0.2, -0.15) is 0 Å². The van der Waals surface area contributed by atoms with E-state index in [1.165, 1.54) is 0 Å². The largest absolute Gasteiger partial charge is 0.514 e. The van der Waals surface area contributed by atoms with Crippen LogP contribution in [-0.4, -0.2) is 27.9 Å². The van der Waals surface area contributed by atoms with Crippen LogP contribution in [0, 0.1) is 0 Å². The van der Waals surface area contributed by atoms with Gasteiger partial charge in [-0.25, -0.2) is 13.8 Å². The Labute approximate surface area is 110 Å². The zero-order valence-electron chi connectivity index (χ0n) is 13.7. The lowest BCUT2D eigenvalue weighted by Gasteiger charge is -2.32. The quantitative estimate of drug-likeness (QED) is 0.759. The highest BCUT2D eigenvalue weighted by Gasteiger charge is 2.52. The van der Waals surface area contributed by atoms with Crippen molar-refractivity contribution in [2.45, 2.75) is 45.3 Å². The molecule has 0 amide bonds. The lowest BCUT2D eigenvalue weighted by molar-refractivity contribution is 0.00578. The number of alkyl halides is 2. The first kappa shape index (κ1) is 9.92. The van der Waals surface area contributed by atoms with Crippen LogP contribution in [0.15, 0.2) is 6.20 Å². The van der Waals surface area contributed by atoms with Crippen molar-refractivity contribution in [3.8, 4) is 0 Å². The number of imidazole rings is 1. The molecule has 0 spiro atoms. The van der Waals surface area contributed by atoms with Crippen molar-refractivity contribution >= 4 is 12.7 Å². The smallest absolute Gasteiger partial charge is 0.398 e. The summed E-state index contributed by atoms with van der Waals surface area (Å²) in [4.78, 5) is 3.52. The van der Waals surface area contributed by atoms with Crippen LogP contribution in [-0.2, 0) is 16.3 Å². The maximum absolute atomic E-state index is 12.9. The van der Waals surface area contributed by atoms with E-state index in [9.17, 15) is 8.78 Å². The Morgan fingerprint density at radius 3 is 2.33 bits per heavy atom. The van der Waals surface area contributed by atoms with Crippen molar-refractivity contribution in [1.29, 1.82) is 0 Å². The van der Waals surface area contributed by atoms with Crippen molar-refractivity contribution < 1.29 is 22.2 Å². The van der Waals surface area contributed by atoms with Gasteiger partial charge >= 0.3 is 7.12 Å². The van der Waals surface area contributed by atoms with Crippen LogP contribution in [0.25, 0.3) is 0 Å². The fourth-order valence-corrected chi connectivity index (χ4v) is 1.66. The van der Waals surface area contributed by atoms with E-state index in [2.05, 4.69) is 4.98 Å². The van der Waals surface area contributed by atoms with E-state index >= 15 is 0 Å². The molecular formula is C11H17BF2N2O2. The van der Waals surface area contributed by atoms with E-state index in [0.717, 1.165) is 6.20 Å². The topological polar surface area (TPSA) is 36.3 Å². The number of nitrogens with zero attached hydrogens (tertiary/aromatic N) is 2. The van der Waals surface area contributed by atoms with E-state index in [1.807, 2.05) is 0 Å². The third-order valence-corrected chi connectivity index (χ3v) is 3.51. The molecule has 4 nitrogen and oxygen atoms in total. The van der Waals surface area contributed by atoms with E-state index < -0.39 is 37.5 Å². The van der Waals surface area contributed by atoms with Crippen molar-refractivity contribution in [2.24, 2.45) is 6.98 Å². The van der Waals surface area contributed by atoms with E-state index in [0.29, 0.717) is 4.57 Å². The molecule has 1 aliphatic rings.